The molecule has 2 aromatic heterocycles. The summed E-state index contributed by atoms with van der Waals surface area (Å²) in [6.07, 6.45) is 0.740. The van der Waals surface area contributed by atoms with E-state index in [-0.39, 0.29) is 6.04 Å². The molecule has 7 heteroatoms. The second-order valence-electron chi connectivity index (χ2n) is 8.04. The highest BCUT2D eigenvalue weighted by molar-refractivity contribution is 7.12. The molecule has 4 nitrogen and oxygen atoms in total. The van der Waals surface area contributed by atoms with E-state index in [4.69, 9.17) is 38.3 Å². The molecule has 0 spiro atoms. The Hall–Kier alpha value is -3.25. The van der Waals surface area contributed by atoms with E-state index in [0.717, 1.165) is 44.7 Å². The molecule has 0 fully saturated rings. The Morgan fingerprint density at radius 1 is 0.824 bits per heavy atom. The van der Waals surface area contributed by atoms with Gasteiger partial charge in [-0.2, -0.15) is 5.10 Å². The second kappa shape index (κ2) is 8.84. The van der Waals surface area contributed by atoms with Crippen molar-refractivity contribution in [2.75, 3.05) is 5.01 Å². The quantitative estimate of drug-likeness (QED) is 0.250. The Balaban J connectivity index is 1.55. The minimum Gasteiger partial charge on any atom is -0.223 e. The van der Waals surface area contributed by atoms with Crippen molar-refractivity contribution in [3.63, 3.8) is 0 Å². The molecule has 0 saturated heterocycles. The maximum absolute atomic E-state index is 6.35. The van der Waals surface area contributed by atoms with Gasteiger partial charge in [0.1, 0.15) is 0 Å². The van der Waals surface area contributed by atoms with Crippen LogP contribution in [0.1, 0.15) is 22.9 Å². The maximum atomic E-state index is 6.35. The van der Waals surface area contributed by atoms with Gasteiger partial charge in [0.25, 0.3) is 0 Å². The van der Waals surface area contributed by atoms with E-state index in [2.05, 4.69) is 17.5 Å². The molecule has 3 heterocycles. The topological polar surface area (TPSA) is 41.4 Å². The minimum absolute atomic E-state index is 0.0656. The summed E-state index contributed by atoms with van der Waals surface area (Å²) < 4.78 is 0. The Morgan fingerprint density at radius 3 is 2.47 bits per heavy atom. The first-order valence-electron chi connectivity index (χ1n) is 10.8. The van der Waals surface area contributed by atoms with Gasteiger partial charge >= 0.3 is 0 Å². The Labute approximate surface area is 211 Å². The van der Waals surface area contributed by atoms with Crippen LogP contribution >= 0.6 is 34.5 Å². The van der Waals surface area contributed by atoms with E-state index in [9.17, 15) is 0 Å². The lowest BCUT2D eigenvalue weighted by Crippen LogP contribution is -2.21. The van der Waals surface area contributed by atoms with Crippen LogP contribution in [0.4, 0.5) is 5.95 Å². The van der Waals surface area contributed by atoms with Crippen LogP contribution < -0.4 is 5.01 Å². The number of thiophene rings is 1. The lowest BCUT2D eigenvalue weighted by atomic mass is 10.0. The molecule has 166 valence electrons. The van der Waals surface area contributed by atoms with Crippen LogP contribution in [0, 0.1) is 0 Å². The number of nitrogens with zero attached hydrogens (tertiary/aromatic N) is 4. The summed E-state index contributed by atoms with van der Waals surface area (Å²) in [6, 6.07) is 27.8. The number of hydrogen-bond donors (Lipinski definition) is 0. The highest BCUT2D eigenvalue weighted by Crippen LogP contribution is 2.39. The molecular formula is C27H18Cl2N4S. The monoisotopic (exact) mass is 500 g/mol. The van der Waals surface area contributed by atoms with Gasteiger partial charge in [0.05, 0.1) is 27.8 Å². The highest BCUT2D eigenvalue weighted by atomic mass is 35.5. The molecule has 34 heavy (non-hydrogen) atoms. The summed E-state index contributed by atoms with van der Waals surface area (Å²) in [5.41, 5.74) is 4.73. The molecule has 0 bridgehead atoms. The molecular weight excluding hydrogens is 483 g/mol. The fourth-order valence-corrected chi connectivity index (χ4v) is 5.36. The van der Waals surface area contributed by atoms with E-state index in [0.29, 0.717) is 16.0 Å². The third kappa shape index (κ3) is 3.96. The highest BCUT2D eigenvalue weighted by Gasteiger charge is 2.32. The molecule has 5 aromatic rings. The van der Waals surface area contributed by atoms with Gasteiger partial charge in [0.2, 0.25) is 5.95 Å². The van der Waals surface area contributed by atoms with Crippen LogP contribution in [0.25, 0.3) is 22.2 Å². The normalized spacial score (nSPS) is 15.6. The number of fused-ring (bicyclic) bond motifs is 1. The zero-order valence-electron chi connectivity index (χ0n) is 17.9. The lowest BCUT2D eigenvalue weighted by Gasteiger charge is -2.23. The zero-order chi connectivity index (χ0) is 23.1. The number of hydrazone groups is 1. The number of aromatic nitrogens is 2. The van der Waals surface area contributed by atoms with Gasteiger partial charge in [0, 0.05) is 27.4 Å². The van der Waals surface area contributed by atoms with Gasteiger partial charge in [0.15, 0.2) is 0 Å². The molecule has 1 aliphatic heterocycles. The van der Waals surface area contributed by atoms with Crippen molar-refractivity contribution < 1.29 is 0 Å². The van der Waals surface area contributed by atoms with Gasteiger partial charge in [-0.25, -0.2) is 15.0 Å². The predicted molar refractivity (Wildman–Crippen MR) is 142 cm³/mol. The van der Waals surface area contributed by atoms with E-state index in [1.165, 1.54) is 0 Å². The van der Waals surface area contributed by atoms with Gasteiger partial charge in [-0.15, -0.1) is 11.3 Å². The van der Waals surface area contributed by atoms with Crippen LogP contribution in [0.2, 0.25) is 10.0 Å². The first-order valence-corrected chi connectivity index (χ1v) is 12.5. The zero-order valence-corrected chi connectivity index (χ0v) is 20.2. The smallest absolute Gasteiger partial charge is 0.223 e. The predicted octanol–water partition coefficient (Wildman–Crippen LogP) is 8.02. The van der Waals surface area contributed by atoms with Crippen molar-refractivity contribution in [3.05, 3.63) is 111 Å². The fraction of sp³-hybridized carbons (Fsp3) is 0.0741. The van der Waals surface area contributed by atoms with Crippen LogP contribution in [-0.2, 0) is 0 Å². The Morgan fingerprint density at radius 2 is 1.68 bits per heavy atom. The second-order valence-corrected chi connectivity index (χ2v) is 9.86. The summed E-state index contributed by atoms with van der Waals surface area (Å²) in [6.45, 7) is 0. The number of anilines is 1. The first kappa shape index (κ1) is 21.3. The summed E-state index contributed by atoms with van der Waals surface area (Å²) in [7, 11) is 0. The molecule has 3 aromatic carbocycles. The van der Waals surface area contributed by atoms with E-state index in [1.54, 1.807) is 11.3 Å². The van der Waals surface area contributed by atoms with Crippen LogP contribution in [0.5, 0.6) is 0 Å². The van der Waals surface area contributed by atoms with Crippen molar-refractivity contribution in [2.24, 2.45) is 5.10 Å². The van der Waals surface area contributed by atoms with Crippen LogP contribution in [-0.4, -0.2) is 15.7 Å². The molecule has 0 aliphatic carbocycles. The average molecular weight is 501 g/mol. The van der Waals surface area contributed by atoms with E-state index >= 15 is 0 Å². The molecule has 0 N–H and O–H groups in total. The molecule has 1 aliphatic rings. The van der Waals surface area contributed by atoms with Crippen LogP contribution in [0.15, 0.2) is 95.4 Å². The number of rotatable bonds is 4. The molecule has 6 rings (SSSR count). The van der Waals surface area contributed by atoms with Crippen molar-refractivity contribution in [1.82, 2.24) is 9.97 Å². The third-order valence-corrected chi connectivity index (χ3v) is 7.24. The maximum Gasteiger partial charge on any atom is 0.247 e. The molecule has 0 saturated carbocycles. The fourth-order valence-electron chi connectivity index (χ4n) is 4.27. The Kier molecular flexibility index (Phi) is 5.53. The van der Waals surface area contributed by atoms with Crippen molar-refractivity contribution in [2.45, 2.75) is 12.5 Å². The SMILES string of the molecule is Clc1cccc([C@H]2CC(c3cccs3)=NN2c2nc(-c3ccccc3)c3cc(Cl)ccc3n2)c1. The third-order valence-electron chi connectivity index (χ3n) is 5.85. The summed E-state index contributed by atoms with van der Waals surface area (Å²) >= 11 is 14.4. The number of benzene rings is 3. The van der Waals surface area contributed by atoms with Gasteiger partial charge in [-0.05, 0) is 47.3 Å². The van der Waals surface area contributed by atoms with Gasteiger partial charge in [-0.3, -0.25) is 0 Å². The van der Waals surface area contributed by atoms with Crippen molar-refractivity contribution in [1.29, 1.82) is 0 Å². The minimum atomic E-state index is -0.0656. The van der Waals surface area contributed by atoms with Crippen molar-refractivity contribution in [3.8, 4) is 11.3 Å². The molecule has 0 amide bonds. The number of halogens is 2. The van der Waals surface area contributed by atoms with E-state index < -0.39 is 0 Å². The van der Waals surface area contributed by atoms with Crippen LogP contribution in [0.3, 0.4) is 0 Å². The first-order chi connectivity index (χ1) is 16.7. The number of hydrogen-bond acceptors (Lipinski definition) is 5. The summed E-state index contributed by atoms with van der Waals surface area (Å²) in [5.74, 6) is 0.546. The molecule has 1 atom stereocenters. The van der Waals surface area contributed by atoms with Gasteiger partial charge in [-0.1, -0.05) is 71.7 Å². The van der Waals surface area contributed by atoms with Gasteiger partial charge < -0.3 is 0 Å². The average Bonchev–Trinajstić information content (AvgIpc) is 3.54. The lowest BCUT2D eigenvalue weighted by molar-refractivity contribution is 0.689. The van der Waals surface area contributed by atoms with Crippen molar-refractivity contribution >= 4 is 57.1 Å². The largest absolute Gasteiger partial charge is 0.247 e. The van der Waals surface area contributed by atoms with E-state index in [1.807, 2.05) is 77.8 Å². The molecule has 0 unspecified atom stereocenters. The summed E-state index contributed by atoms with van der Waals surface area (Å²) in [4.78, 5) is 11.1. The summed E-state index contributed by atoms with van der Waals surface area (Å²) in [5, 5.41) is 11.3. The molecule has 0 radical (unpaired) electrons. The Bertz CT molecular complexity index is 1520. The standard InChI is InChI=1S/C27H18Cl2N4S/c28-19-9-4-8-18(14-19)24-16-23(25-10-5-13-34-25)32-33(24)27-30-22-12-11-20(29)15-21(22)26(31-27)17-6-2-1-3-7-17/h1-15,24H,16H2/t24-/m1/s1.